The SMILES string of the molecule is Nc1ccc(-c2nc(C(=O)Nc3ccccc3N3CCNCC3)cs2)cc1. The number of hydrogen-bond donors (Lipinski definition) is 3. The van der Waals surface area contributed by atoms with Crippen LogP contribution in [-0.4, -0.2) is 37.1 Å². The lowest BCUT2D eigenvalue weighted by Gasteiger charge is -2.31. The molecular weight excluding hydrogens is 358 g/mol. The van der Waals surface area contributed by atoms with Crippen LogP contribution in [0.5, 0.6) is 0 Å². The van der Waals surface area contributed by atoms with Crippen LogP contribution in [0.15, 0.2) is 53.9 Å². The van der Waals surface area contributed by atoms with Crippen molar-refractivity contribution in [3.63, 3.8) is 0 Å². The third-order valence-electron chi connectivity index (χ3n) is 4.50. The van der Waals surface area contributed by atoms with Crippen LogP contribution >= 0.6 is 11.3 Å². The molecule has 1 amide bonds. The van der Waals surface area contributed by atoms with Crippen molar-refractivity contribution in [1.82, 2.24) is 10.3 Å². The molecule has 0 unspecified atom stereocenters. The molecule has 1 aromatic heterocycles. The first-order valence-corrected chi connectivity index (χ1v) is 9.76. The lowest BCUT2D eigenvalue weighted by Crippen LogP contribution is -2.43. The molecule has 0 aliphatic carbocycles. The van der Waals surface area contributed by atoms with Gasteiger partial charge in [0.1, 0.15) is 10.7 Å². The topological polar surface area (TPSA) is 83.3 Å². The number of amides is 1. The fourth-order valence-electron chi connectivity index (χ4n) is 3.08. The Hall–Kier alpha value is -2.90. The van der Waals surface area contributed by atoms with Crippen molar-refractivity contribution in [2.45, 2.75) is 0 Å². The molecule has 0 bridgehead atoms. The molecule has 0 saturated carbocycles. The Labute approximate surface area is 162 Å². The molecule has 1 aliphatic heterocycles. The van der Waals surface area contributed by atoms with Crippen LogP contribution in [-0.2, 0) is 0 Å². The Morgan fingerprint density at radius 2 is 1.85 bits per heavy atom. The molecule has 2 aromatic carbocycles. The Morgan fingerprint density at radius 3 is 2.63 bits per heavy atom. The van der Waals surface area contributed by atoms with Gasteiger partial charge >= 0.3 is 0 Å². The van der Waals surface area contributed by atoms with E-state index >= 15 is 0 Å². The van der Waals surface area contributed by atoms with E-state index in [1.165, 1.54) is 11.3 Å². The molecule has 6 nitrogen and oxygen atoms in total. The molecule has 2 heterocycles. The number of carbonyl (C=O) groups is 1. The smallest absolute Gasteiger partial charge is 0.275 e. The predicted octanol–water partition coefficient (Wildman–Crippen LogP) is 3.05. The number of aromatic nitrogens is 1. The number of nitrogens with two attached hydrogens (primary N) is 1. The number of anilines is 3. The van der Waals surface area contributed by atoms with E-state index in [1.54, 1.807) is 5.38 Å². The number of thiazole rings is 1. The zero-order valence-corrected chi connectivity index (χ0v) is 15.6. The normalized spacial score (nSPS) is 14.1. The highest BCUT2D eigenvalue weighted by Gasteiger charge is 2.17. The Balaban J connectivity index is 1.52. The van der Waals surface area contributed by atoms with E-state index < -0.39 is 0 Å². The zero-order chi connectivity index (χ0) is 18.6. The summed E-state index contributed by atoms with van der Waals surface area (Å²) in [6.45, 7) is 3.73. The Kier molecular flexibility index (Phi) is 5.04. The van der Waals surface area contributed by atoms with Gasteiger partial charge in [-0.25, -0.2) is 4.98 Å². The zero-order valence-electron chi connectivity index (χ0n) is 14.8. The van der Waals surface area contributed by atoms with E-state index in [0.717, 1.165) is 48.1 Å². The van der Waals surface area contributed by atoms with Crippen LogP contribution in [0.4, 0.5) is 17.1 Å². The number of benzene rings is 2. The lowest BCUT2D eigenvalue weighted by atomic mass is 10.2. The van der Waals surface area contributed by atoms with Crippen LogP contribution in [0.3, 0.4) is 0 Å². The highest BCUT2D eigenvalue weighted by Crippen LogP contribution is 2.28. The number of nitrogen functional groups attached to an aromatic ring is 1. The molecule has 1 saturated heterocycles. The van der Waals surface area contributed by atoms with Gasteiger partial charge in [0, 0.05) is 42.8 Å². The maximum atomic E-state index is 12.7. The summed E-state index contributed by atoms with van der Waals surface area (Å²) >= 11 is 1.45. The summed E-state index contributed by atoms with van der Waals surface area (Å²) in [4.78, 5) is 19.5. The van der Waals surface area contributed by atoms with Crippen LogP contribution in [0, 0.1) is 0 Å². The predicted molar refractivity (Wildman–Crippen MR) is 111 cm³/mol. The number of para-hydroxylation sites is 2. The molecule has 1 fully saturated rings. The number of piperazine rings is 1. The third kappa shape index (κ3) is 3.94. The molecule has 4 N–H and O–H groups in total. The molecule has 0 radical (unpaired) electrons. The van der Waals surface area contributed by atoms with Crippen LogP contribution in [0.1, 0.15) is 10.5 Å². The van der Waals surface area contributed by atoms with Gasteiger partial charge in [0.2, 0.25) is 0 Å². The summed E-state index contributed by atoms with van der Waals surface area (Å²) in [5.74, 6) is -0.199. The molecule has 0 spiro atoms. The second-order valence-corrected chi connectivity index (χ2v) is 7.23. The van der Waals surface area contributed by atoms with Crippen LogP contribution in [0.2, 0.25) is 0 Å². The molecular formula is C20H21N5OS. The van der Waals surface area contributed by atoms with E-state index in [4.69, 9.17) is 5.73 Å². The second-order valence-electron chi connectivity index (χ2n) is 6.37. The number of hydrogen-bond acceptors (Lipinski definition) is 6. The third-order valence-corrected chi connectivity index (χ3v) is 5.40. The van der Waals surface area contributed by atoms with Gasteiger partial charge in [-0.15, -0.1) is 11.3 Å². The maximum Gasteiger partial charge on any atom is 0.275 e. The van der Waals surface area contributed by atoms with E-state index in [1.807, 2.05) is 48.5 Å². The molecule has 138 valence electrons. The summed E-state index contributed by atoms with van der Waals surface area (Å²) in [5, 5.41) is 8.96. The van der Waals surface area contributed by atoms with Gasteiger partial charge in [-0.05, 0) is 36.4 Å². The summed E-state index contributed by atoms with van der Waals surface area (Å²) in [6, 6.07) is 15.4. The van der Waals surface area contributed by atoms with E-state index in [-0.39, 0.29) is 5.91 Å². The van der Waals surface area contributed by atoms with Crippen molar-refractivity contribution in [2.24, 2.45) is 0 Å². The average molecular weight is 379 g/mol. The minimum atomic E-state index is -0.199. The standard InChI is InChI=1S/C20H21N5OS/c21-15-7-5-14(6-8-15)20-24-17(13-27-20)19(26)23-16-3-1-2-4-18(16)25-11-9-22-10-12-25/h1-8,13,22H,9-12,21H2,(H,23,26). The Morgan fingerprint density at radius 1 is 1.11 bits per heavy atom. The first-order valence-electron chi connectivity index (χ1n) is 8.88. The van der Waals surface area contributed by atoms with Gasteiger partial charge in [0.05, 0.1) is 11.4 Å². The van der Waals surface area contributed by atoms with Crippen molar-refractivity contribution in [1.29, 1.82) is 0 Å². The monoisotopic (exact) mass is 379 g/mol. The molecule has 0 atom stereocenters. The molecule has 7 heteroatoms. The minimum absolute atomic E-state index is 0.199. The molecule has 3 aromatic rings. The Bertz CT molecular complexity index is 932. The van der Waals surface area contributed by atoms with Crippen LogP contribution < -0.4 is 21.3 Å². The first kappa shape index (κ1) is 17.5. The van der Waals surface area contributed by atoms with Gasteiger partial charge in [0.25, 0.3) is 5.91 Å². The van der Waals surface area contributed by atoms with E-state index in [2.05, 4.69) is 20.5 Å². The van der Waals surface area contributed by atoms with Crippen molar-refractivity contribution in [3.05, 3.63) is 59.6 Å². The highest BCUT2D eigenvalue weighted by molar-refractivity contribution is 7.13. The van der Waals surface area contributed by atoms with Gasteiger partial charge in [-0.3, -0.25) is 4.79 Å². The summed E-state index contributed by atoms with van der Waals surface area (Å²) in [5.41, 5.74) is 9.66. The van der Waals surface area contributed by atoms with Crippen molar-refractivity contribution >= 4 is 34.3 Å². The highest BCUT2D eigenvalue weighted by atomic mass is 32.1. The summed E-state index contributed by atoms with van der Waals surface area (Å²) in [6.07, 6.45) is 0. The number of carbonyl (C=O) groups excluding carboxylic acids is 1. The number of rotatable bonds is 4. The van der Waals surface area contributed by atoms with Crippen molar-refractivity contribution in [2.75, 3.05) is 42.1 Å². The number of nitrogens with one attached hydrogen (secondary N) is 2. The second kappa shape index (κ2) is 7.77. The van der Waals surface area contributed by atoms with Gasteiger partial charge in [-0.1, -0.05) is 12.1 Å². The summed E-state index contributed by atoms with van der Waals surface area (Å²) < 4.78 is 0. The van der Waals surface area contributed by atoms with Gasteiger partial charge in [-0.2, -0.15) is 0 Å². The van der Waals surface area contributed by atoms with Crippen molar-refractivity contribution in [3.8, 4) is 10.6 Å². The van der Waals surface area contributed by atoms with E-state index in [0.29, 0.717) is 11.4 Å². The molecule has 4 rings (SSSR count). The largest absolute Gasteiger partial charge is 0.399 e. The number of nitrogens with zero attached hydrogens (tertiary/aromatic N) is 2. The van der Waals surface area contributed by atoms with E-state index in [9.17, 15) is 4.79 Å². The molecule has 1 aliphatic rings. The van der Waals surface area contributed by atoms with Crippen molar-refractivity contribution < 1.29 is 4.79 Å². The lowest BCUT2D eigenvalue weighted by molar-refractivity contribution is 0.102. The molecule has 27 heavy (non-hydrogen) atoms. The minimum Gasteiger partial charge on any atom is -0.399 e. The van der Waals surface area contributed by atoms with Crippen LogP contribution in [0.25, 0.3) is 10.6 Å². The fourth-order valence-corrected chi connectivity index (χ4v) is 3.89. The average Bonchev–Trinajstić information content (AvgIpc) is 3.20. The quantitative estimate of drug-likeness (QED) is 0.607. The van der Waals surface area contributed by atoms with Gasteiger partial charge in [0.15, 0.2) is 0 Å². The first-order chi connectivity index (χ1) is 13.2. The maximum absolute atomic E-state index is 12.7. The van der Waals surface area contributed by atoms with Gasteiger partial charge < -0.3 is 21.3 Å². The summed E-state index contributed by atoms with van der Waals surface area (Å²) in [7, 11) is 0. The fraction of sp³-hybridized carbons (Fsp3) is 0.200.